The quantitative estimate of drug-likeness (QED) is 0.0366. The molecule has 17 N–H and O–H groups in total. The standard InChI is InChI=1S/C62H91N11O20/c1-31(2)24-41(67-61(92)46(30-51(82)83)71-59(90)43(25-32(3)4)69-56(87)39(65-36(9)74)20-22-48(76)77)47(75)26-34(7)54(85)73-52(33(5)6)62(93)72-45(28-38-18-14-11-15-19-38)60(91)70-44(27-37-16-12-10-13-17-37)58(89)64-35(8)55(86)66-40(21-23-49(78)79)57(88)68-42(53(63)84)29-50(80)81/h10-19,31-35,39-47,52,75H,20-30H2,1-9H3,(H2,63,84)(H,64,89)(H,65,74)(H,66,86)(H,67,92)(H,68,88)(H,69,87)(H,70,91)(H,71,90)(H,72,93)(H,73,85)(H,76,77)(H,78,79)(H,80,81)(H,82,83)/t34-,35+,39+,40+,41+,42+,43+,44+,45+,46+,47+,52+/m1/s1. The third-order valence-corrected chi connectivity index (χ3v) is 14.4. The molecule has 0 aliphatic heterocycles. The molecule has 2 rings (SSSR count). The van der Waals surface area contributed by atoms with E-state index in [1.807, 2.05) is 0 Å². The highest BCUT2D eigenvalue weighted by Gasteiger charge is 2.37. The predicted molar refractivity (Wildman–Crippen MR) is 332 cm³/mol. The summed E-state index contributed by atoms with van der Waals surface area (Å²) >= 11 is 0. The van der Waals surface area contributed by atoms with Crippen molar-refractivity contribution in [3.8, 4) is 0 Å². The highest BCUT2D eigenvalue weighted by molar-refractivity contribution is 5.99. The van der Waals surface area contributed by atoms with Crippen LogP contribution in [0, 0.1) is 23.7 Å². The van der Waals surface area contributed by atoms with Crippen molar-refractivity contribution < 1.29 is 97.5 Å². The van der Waals surface area contributed by atoms with Crippen LogP contribution in [0.3, 0.4) is 0 Å². The Bertz CT molecular complexity index is 2930. The number of nitrogens with one attached hydrogen (secondary N) is 10. The third-order valence-electron chi connectivity index (χ3n) is 14.4. The van der Waals surface area contributed by atoms with E-state index in [0.29, 0.717) is 11.1 Å². The number of hydrogen-bond acceptors (Lipinski definition) is 16. The summed E-state index contributed by atoms with van der Waals surface area (Å²) in [5, 5.41) is 74.0. The molecule has 0 fully saturated rings. The van der Waals surface area contributed by atoms with Crippen LogP contribution in [-0.4, -0.2) is 181 Å². The zero-order valence-corrected chi connectivity index (χ0v) is 53.6. The SMILES string of the molecule is CC(=O)N[C@@H](CCC(=O)O)C(=O)N[C@@H](CC(C)C)C(=O)N[C@@H](CC(=O)O)C(=O)N[C@@H](CC(C)C)[C@@H](O)C[C@@H](C)C(=O)N[C@H](C(=O)N[C@@H](Cc1ccccc1)C(=O)N[C@@H](Cc1ccccc1)C(=O)N[C@@H](C)C(=O)N[C@@H](CCC(=O)O)C(=O)N[C@@H](CC(=O)O)C(N)=O)C(C)C. The minimum absolute atomic E-state index is 0.0372. The average Bonchev–Trinajstić information content (AvgIpc) is 2.65. The second kappa shape index (κ2) is 39.7. The monoisotopic (exact) mass is 1310 g/mol. The van der Waals surface area contributed by atoms with Gasteiger partial charge in [-0.25, -0.2) is 0 Å². The van der Waals surface area contributed by atoms with Gasteiger partial charge in [0.2, 0.25) is 65.0 Å². The number of nitrogens with two attached hydrogens (primary N) is 1. The van der Waals surface area contributed by atoms with Crippen molar-refractivity contribution in [2.24, 2.45) is 29.4 Å². The maximum atomic E-state index is 14.6. The van der Waals surface area contributed by atoms with Gasteiger partial charge in [0, 0.05) is 38.5 Å². The van der Waals surface area contributed by atoms with Gasteiger partial charge in [-0.3, -0.25) is 71.9 Å². The van der Waals surface area contributed by atoms with E-state index < -0.39 is 199 Å². The van der Waals surface area contributed by atoms with Crippen LogP contribution in [0.2, 0.25) is 0 Å². The molecule has 2 aromatic rings. The highest BCUT2D eigenvalue weighted by atomic mass is 16.4. The lowest BCUT2D eigenvalue weighted by atomic mass is 9.91. The van der Waals surface area contributed by atoms with Gasteiger partial charge >= 0.3 is 23.9 Å². The molecule has 2 aromatic carbocycles. The molecule has 0 radical (unpaired) electrons. The summed E-state index contributed by atoms with van der Waals surface area (Å²) < 4.78 is 0. The fraction of sp³-hybridized carbons (Fsp3) is 0.565. The largest absolute Gasteiger partial charge is 0.481 e. The number of hydrogen-bond donors (Lipinski definition) is 16. The Labute approximate surface area is 538 Å². The summed E-state index contributed by atoms with van der Waals surface area (Å²) in [6.07, 6.45) is -6.09. The van der Waals surface area contributed by atoms with E-state index >= 15 is 0 Å². The van der Waals surface area contributed by atoms with Gasteiger partial charge < -0.3 is 84.4 Å². The molecule has 93 heavy (non-hydrogen) atoms. The maximum absolute atomic E-state index is 14.6. The van der Waals surface area contributed by atoms with Crippen molar-refractivity contribution in [2.75, 3.05) is 0 Å². The van der Waals surface area contributed by atoms with Crippen LogP contribution in [0.25, 0.3) is 0 Å². The summed E-state index contributed by atoms with van der Waals surface area (Å²) in [5.74, 6) is -18.3. The Hall–Kier alpha value is -9.55. The molecular formula is C62H91N11O20. The molecule has 12 atom stereocenters. The first-order valence-electron chi connectivity index (χ1n) is 30.4. The van der Waals surface area contributed by atoms with Gasteiger partial charge in [-0.05, 0) is 67.9 Å². The number of carbonyl (C=O) groups excluding carboxylic acids is 11. The van der Waals surface area contributed by atoms with Crippen molar-refractivity contribution in [1.29, 1.82) is 0 Å². The van der Waals surface area contributed by atoms with E-state index in [4.69, 9.17) is 5.73 Å². The summed E-state index contributed by atoms with van der Waals surface area (Å²) in [6.45, 7) is 13.9. The molecule has 11 amide bonds. The molecule has 31 nitrogen and oxygen atoms in total. The van der Waals surface area contributed by atoms with Crippen LogP contribution in [-0.2, 0) is 84.8 Å². The van der Waals surface area contributed by atoms with Gasteiger partial charge in [0.1, 0.15) is 54.4 Å². The summed E-state index contributed by atoms with van der Waals surface area (Å²) in [6, 6.07) is 1.89. The number of rotatable bonds is 42. The number of primary amides is 1. The molecule has 0 heterocycles. The van der Waals surface area contributed by atoms with Crippen molar-refractivity contribution in [2.45, 2.75) is 199 Å². The Morgan fingerprint density at radius 3 is 1.23 bits per heavy atom. The zero-order chi connectivity index (χ0) is 70.4. The topological polar surface area (TPSA) is 504 Å². The molecule has 0 spiro atoms. The zero-order valence-electron chi connectivity index (χ0n) is 53.6. The molecule has 0 unspecified atom stereocenters. The summed E-state index contributed by atoms with van der Waals surface area (Å²) in [5.41, 5.74) is 6.33. The molecular weight excluding hydrogens is 1220 g/mol. The van der Waals surface area contributed by atoms with Crippen molar-refractivity contribution >= 4 is 88.9 Å². The van der Waals surface area contributed by atoms with Crippen molar-refractivity contribution in [3.05, 3.63) is 71.8 Å². The van der Waals surface area contributed by atoms with Crippen LogP contribution in [0.5, 0.6) is 0 Å². The summed E-state index contributed by atoms with van der Waals surface area (Å²) in [7, 11) is 0. The molecule has 514 valence electrons. The number of aliphatic hydroxyl groups excluding tert-OH is 1. The number of carboxylic acids is 4. The minimum atomic E-state index is -1.78. The average molecular weight is 1310 g/mol. The van der Waals surface area contributed by atoms with Gasteiger partial charge in [-0.15, -0.1) is 0 Å². The maximum Gasteiger partial charge on any atom is 0.305 e. The van der Waals surface area contributed by atoms with Gasteiger partial charge in [-0.2, -0.15) is 0 Å². The Morgan fingerprint density at radius 1 is 0.398 bits per heavy atom. The van der Waals surface area contributed by atoms with Gasteiger partial charge in [0.25, 0.3) is 0 Å². The van der Waals surface area contributed by atoms with Crippen molar-refractivity contribution in [1.82, 2.24) is 53.2 Å². The Balaban J connectivity index is 2.41. The second-order valence-electron chi connectivity index (χ2n) is 24.0. The highest BCUT2D eigenvalue weighted by Crippen LogP contribution is 2.18. The first-order valence-corrected chi connectivity index (χ1v) is 30.4. The lowest BCUT2D eigenvalue weighted by molar-refractivity contribution is -0.142. The smallest absolute Gasteiger partial charge is 0.305 e. The predicted octanol–water partition coefficient (Wildman–Crippen LogP) is -1.34. The third kappa shape index (κ3) is 30.4. The van der Waals surface area contributed by atoms with E-state index in [0.717, 1.165) is 6.92 Å². The first-order chi connectivity index (χ1) is 43.5. The normalized spacial score (nSPS) is 15.0. The number of carboxylic acid groups (broad SMARTS) is 4. The lowest BCUT2D eigenvalue weighted by Gasteiger charge is -2.31. The molecule has 0 saturated heterocycles. The fourth-order valence-corrected chi connectivity index (χ4v) is 9.52. The van der Waals surface area contributed by atoms with E-state index in [1.165, 1.54) is 13.8 Å². The molecule has 31 heteroatoms. The van der Waals surface area contributed by atoms with E-state index in [-0.39, 0.29) is 50.4 Å². The molecule has 0 aliphatic rings. The van der Waals surface area contributed by atoms with E-state index in [9.17, 15) is 97.5 Å². The number of aliphatic carboxylic acids is 4. The van der Waals surface area contributed by atoms with Crippen LogP contribution < -0.4 is 58.9 Å². The Morgan fingerprint density at radius 2 is 0.785 bits per heavy atom. The molecule has 0 aromatic heterocycles. The second-order valence-corrected chi connectivity index (χ2v) is 24.0. The number of carbonyl (C=O) groups is 15. The van der Waals surface area contributed by atoms with Gasteiger partial charge in [0.15, 0.2) is 0 Å². The summed E-state index contributed by atoms with van der Waals surface area (Å²) in [4.78, 5) is 195. The lowest BCUT2D eigenvalue weighted by Crippen LogP contribution is -2.60. The molecule has 0 aliphatic carbocycles. The van der Waals surface area contributed by atoms with E-state index in [2.05, 4.69) is 53.2 Å². The Kier molecular flexibility index (Phi) is 33.9. The number of aliphatic hydroxyl groups is 1. The van der Waals surface area contributed by atoms with Gasteiger partial charge in [-0.1, -0.05) is 109 Å². The number of amides is 11. The fourth-order valence-electron chi connectivity index (χ4n) is 9.52. The van der Waals surface area contributed by atoms with E-state index in [1.54, 1.807) is 102 Å². The van der Waals surface area contributed by atoms with Gasteiger partial charge in [0.05, 0.1) is 25.0 Å². The van der Waals surface area contributed by atoms with Crippen LogP contribution in [0.1, 0.15) is 131 Å². The molecule has 0 bridgehead atoms. The number of benzene rings is 2. The molecule has 0 saturated carbocycles. The van der Waals surface area contributed by atoms with Crippen LogP contribution in [0.15, 0.2) is 60.7 Å². The van der Waals surface area contributed by atoms with Crippen molar-refractivity contribution in [3.63, 3.8) is 0 Å². The van der Waals surface area contributed by atoms with Crippen LogP contribution in [0.4, 0.5) is 0 Å². The minimum Gasteiger partial charge on any atom is -0.481 e. The first kappa shape index (κ1) is 79.5. The van der Waals surface area contributed by atoms with Crippen LogP contribution >= 0.6 is 0 Å².